The van der Waals surface area contributed by atoms with Crippen molar-refractivity contribution in [1.82, 2.24) is 25.1 Å². The molecule has 11 heteroatoms. The molecule has 1 aromatic heterocycles. The number of nitrogens with zero attached hydrogens (tertiary/aromatic N) is 4. The van der Waals surface area contributed by atoms with Crippen LogP contribution in [0.4, 0.5) is 9.18 Å². The number of nitrogens with one attached hydrogen (secondary N) is 1. The van der Waals surface area contributed by atoms with E-state index in [1.807, 2.05) is 11.1 Å². The van der Waals surface area contributed by atoms with Crippen LogP contribution in [0.2, 0.25) is 10.0 Å². The number of hydrazine groups is 1. The third-order valence-corrected chi connectivity index (χ3v) is 8.27. The molecule has 3 aromatic rings. The first-order chi connectivity index (χ1) is 20.4. The molecule has 8 nitrogen and oxygen atoms in total. The molecule has 0 saturated carbocycles. The van der Waals surface area contributed by atoms with Gasteiger partial charge in [0.05, 0.1) is 29.5 Å². The summed E-state index contributed by atoms with van der Waals surface area (Å²) in [5, 5.41) is 7.52. The zero-order valence-electron chi connectivity index (χ0n) is 24.2. The van der Waals surface area contributed by atoms with Crippen molar-refractivity contribution in [3.63, 3.8) is 0 Å². The lowest BCUT2D eigenvalue weighted by atomic mass is 9.97. The summed E-state index contributed by atoms with van der Waals surface area (Å²) >= 11 is 12.9. The molecule has 1 atom stereocenters. The van der Waals surface area contributed by atoms with Gasteiger partial charge in [-0.1, -0.05) is 47.0 Å². The third kappa shape index (κ3) is 6.20. The first-order valence-corrected chi connectivity index (χ1v) is 15.0. The number of carbonyl (C=O) groups is 2. The molecule has 1 fully saturated rings. The number of fused-ring (bicyclic) bond motifs is 2. The molecule has 2 aliphatic heterocycles. The molecule has 3 aliphatic rings. The van der Waals surface area contributed by atoms with Crippen LogP contribution in [0.25, 0.3) is 17.3 Å². The van der Waals surface area contributed by atoms with Gasteiger partial charge in [0.25, 0.3) is 5.91 Å². The van der Waals surface area contributed by atoms with E-state index in [1.54, 1.807) is 60.7 Å². The van der Waals surface area contributed by atoms with Crippen molar-refractivity contribution in [1.29, 1.82) is 0 Å². The van der Waals surface area contributed by atoms with E-state index in [9.17, 15) is 14.0 Å². The van der Waals surface area contributed by atoms with Gasteiger partial charge in [-0.05, 0) is 87.1 Å². The Balaban J connectivity index is 1.47. The number of aromatic nitrogens is 2. The molecule has 1 N–H and O–H groups in total. The molecule has 2 amide bonds. The molecule has 43 heavy (non-hydrogen) atoms. The van der Waals surface area contributed by atoms with Gasteiger partial charge in [-0.25, -0.2) is 18.9 Å². The number of allylic oxidation sites excluding steroid dienone is 1. The van der Waals surface area contributed by atoms with Crippen LogP contribution in [0.15, 0.2) is 54.1 Å². The molecule has 2 aromatic carbocycles. The Morgan fingerprint density at radius 2 is 1.86 bits per heavy atom. The largest absolute Gasteiger partial charge is 0.444 e. The summed E-state index contributed by atoms with van der Waals surface area (Å²) in [5.74, 6) is -0.291. The van der Waals surface area contributed by atoms with Crippen molar-refractivity contribution in [2.24, 2.45) is 5.92 Å². The Morgan fingerprint density at radius 1 is 1.09 bits per heavy atom. The fourth-order valence-corrected chi connectivity index (χ4v) is 6.34. The van der Waals surface area contributed by atoms with Gasteiger partial charge in [-0.3, -0.25) is 15.1 Å². The molecular formula is C32H32Cl2FN5O3. The lowest BCUT2D eigenvalue weighted by Gasteiger charge is -2.32. The van der Waals surface area contributed by atoms with Crippen LogP contribution >= 0.6 is 23.2 Å². The fraction of sp³-hybridized carbons (Fsp3) is 0.344. The zero-order valence-corrected chi connectivity index (χ0v) is 25.7. The summed E-state index contributed by atoms with van der Waals surface area (Å²) in [7, 11) is 0. The first-order valence-electron chi connectivity index (χ1n) is 14.2. The van der Waals surface area contributed by atoms with Crippen molar-refractivity contribution in [2.45, 2.75) is 45.8 Å². The number of hydrogen-bond donors (Lipinski definition) is 1. The topological polar surface area (TPSA) is 79.7 Å². The number of benzene rings is 2. The Morgan fingerprint density at radius 3 is 2.56 bits per heavy atom. The fourth-order valence-electron chi connectivity index (χ4n) is 5.85. The Bertz CT molecular complexity index is 1660. The van der Waals surface area contributed by atoms with E-state index in [1.165, 1.54) is 17.7 Å². The lowest BCUT2D eigenvalue weighted by Crippen LogP contribution is -2.42. The van der Waals surface area contributed by atoms with Crippen LogP contribution in [0, 0.1) is 11.7 Å². The second kappa shape index (κ2) is 11.4. The summed E-state index contributed by atoms with van der Waals surface area (Å²) in [4.78, 5) is 28.8. The molecule has 224 valence electrons. The van der Waals surface area contributed by atoms with E-state index in [0.29, 0.717) is 50.6 Å². The van der Waals surface area contributed by atoms with Gasteiger partial charge in [-0.2, -0.15) is 5.10 Å². The summed E-state index contributed by atoms with van der Waals surface area (Å²) in [6.07, 6.45) is 5.74. The predicted octanol–water partition coefficient (Wildman–Crippen LogP) is 6.91. The summed E-state index contributed by atoms with van der Waals surface area (Å²) in [5.41, 5.74) is 6.93. The van der Waals surface area contributed by atoms with Crippen molar-refractivity contribution < 1.29 is 18.7 Å². The molecule has 1 saturated heterocycles. The maximum Gasteiger partial charge on any atom is 0.410 e. The van der Waals surface area contributed by atoms with E-state index < -0.39 is 11.7 Å². The number of rotatable bonds is 4. The summed E-state index contributed by atoms with van der Waals surface area (Å²) in [6, 6.07) is 11.1. The maximum atomic E-state index is 13.9. The predicted molar refractivity (Wildman–Crippen MR) is 164 cm³/mol. The van der Waals surface area contributed by atoms with Crippen molar-refractivity contribution in [3.8, 4) is 5.69 Å². The normalized spacial score (nSPS) is 19.3. The van der Waals surface area contributed by atoms with Gasteiger partial charge in [0.2, 0.25) is 0 Å². The Hall–Kier alpha value is -3.66. The highest BCUT2D eigenvalue weighted by atomic mass is 35.5. The molecule has 1 aliphatic carbocycles. The van der Waals surface area contributed by atoms with Crippen LogP contribution in [-0.2, 0) is 11.3 Å². The molecular weight excluding hydrogens is 592 g/mol. The quantitative estimate of drug-likeness (QED) is 0.320. The van der Waals surface area contributed by atoms with Gasteiger partial charge in [0.1, 0.15) is 11.4 Å². The number of hydrogen-bond acceptors (Lipinski definition) is 5. The summed E-state index contributed by atoms with van der Waals surface area (Å²) < 4.78 is 21.1. The Kier molecular flexibility index (Phi) is 7.83. The molecule has 3 heterocycles. The van der Waals surface area contributed by atoms with Gasteiger partial charge in [-0.15, -0.1) is 0 Å². The molecule has 6 rings (SSSR count). The first kappa shape index (κ1) is 29.4. The monoisotopic (exact) mass is 623 g/mol. The zero-order chi connectivity index (χ0) is 30.5. The summed E-state index contributed by atoms with van der Waals surface area (Å²) in [6.45, 7) is 7.07. The minimum atomic E-state index is -0.720. The van der Waals surface area contributed by atoms with Crippen molar-refractivity contribution in [3.05, 3.63) is 92.5 Å². The number of amides is 2. The van der Waals surface area contributed by atoms with Crippen LogP contribution in [0.5, 0.6) is 0 Å². The van der Waals surface area contributed by atoms with Crippen molar-refractivity contribution >= 4 is 46.9 Å². The van der Waals surface area contributed by atoms with Crippen LogP contribution in [-0.4, -0.2) is 56.9 Å². The lowest BCUT2D eigenvalue weighted by molar-refractivity contribution is 0.0253. The molecule has 1 unspecified atom stereocenters. The van der Waals surface area contributed by atoms with Crippen LogP contribution in [0.3, 0.4) is 0 Å². The highest BCUT2D eigenvalue weighted by Gasteiger charge is 2.37. The maximum absolute atomic E-state index is 13.9. The minimum absolute atomic E-state index is 0.0900. The second-order valence-electron chi connectivity index (χ2n) is 12.1. The smallest absolute Gasteiger partial charge is 0.410 e. The van der Waals surface area contributed by atoms with Crippen molar-refractivity contribution in [2.75, 3.05) is 19.6 Å². The van der Waals surface area contributed by atoms with Gasteiger partial charge in [0.15, 0.2) is 5.69 Å². The highest BCUT2D eigenvalue weighted by molar-refractivity contribution is 6.35. The second-order valence-corrected chi connectivity index (χ2v) is 13.0. The van der Waals surface area contributed by atoms with Gasteiger partial charge in [0, 0.05) is 23.7 Å². The van der Waals surface area contributed by atoms with E-state index in [4.69, 9.17) is 33.0 Å². The average Bonchev–Trinajstić information content (AvgIpc) is 3.63. The molecule has 0 spiro atoms. The Labute approximate surface area is 259 Å². The third-order valence-electron chi connectivity index (χ3n) is 7.73. The number of ether oxygens (including phenoxy) is 1. The SMILES string of the molecule is CC(C)(C)OC(=O)N1CC(=Cc2ccc(F)cc2)c2c(c(C(=O)NN3CC4=CCCC4C3)nn2-c2ccc(Cl)cc2Cl)C1. The van der Waals surface area contributed by atoms with Crippen LogP contribution in [0.1, 0.15) is 60.9 Å². The molecule has 0 radical (unpaired) electrons. The average molecular weight is 625 g/mol. The van der Waals surface area contributed by atoms with E-state index in [2.05, 4.69) is 11.5 Å². The minimum Gasteiger partial charge on any atom is -0.444 e. The van der Waals surface area contributed by atoms with E-state index in [-0.39, 0.29) is 30.5 Å². The highest BCUT2D eigenvalue weighted by Crippen LogP contribution is 2.37. The number of carbonyl (C=O) groups excluding carboxylic acids is 2. The van der Waals surface area contributed by atoms with E-state index >= 15 is 0 Å². The number of halogens is 3. The standard InChI is InChI=1S/C32H32Cl2FN5O3/c1-32(2,3)43-31(42)38-15-22(13-19-7-10-24(35)11-8-19)29-25(18-38)28(36-40(29)27-12-9-23(33)14-26(27)34)30(41)37-39-16-20-5-4-6-21(20)17-39/h5,7-14,21H,4,6,15-18H2,1-3H3,(H,37,41). The van der Waals surface area contributed by atoms with Gasteiger partial charge >= 0.3 is 6.09 Å². The molecule has 0 bridgehead atoms. The van der Waals surface area contributed by atoms with E-state index in [0.717, 1.165) is 19.4 Å². The van der Waals surface area contributed by atoms with Crippen LogP contribution < -0.4 is 5.43 Å². The van der Waals surface area contributed by atoms with Gasteiger partial charge < -0.3 is 4.74 Å².